The number of rotatable bonds is 8. The Bertz CT molecular complexity index is 1130. The van der Waals surface area contributed by atoms with Crippen LogP contribution in [0.5, 0.6) is 0 Å². The molecule has 0 fully saturated rings. The maximum atomic E-state index is 12.9. The quantitative estimate of drug-likeness (QED) is 0.409. The molecule has 0 saturated carbocycles. The zero-order valence-corrected chi connectivity index (χ0v) is 17.0. The molecule has 4 rings (SSSR count). The molecule has 0 unspecified atom stereocenters. The number of aromatic amines is 2. The first-order valence-electron chi connectivity index (χ1n) is 10.1. The second kappa shape index (κ2) is 9.73. The Hall–Kier alpha value is -3.90. The highest BCUT2D eigenvalue weighted by Gasteiger charge is 2.17. The molecule has 6 nitrogen and oxygen atoms in total. The summed E-state index contributed by atoms with van der Waals surface area (Å²) in [5.74, 6) is -0.242. The van der Waals surface area contributed by atoms with Crippen molar-refractivity contribution in [2.24, 2.45) is 0 Å². The van der Waals surface area contributed by atoms with Crippen LogP contribution in [0.4, 0.5) is 5.69 Å². The van der Waals surface area contributed by atoms with Gasteiger partial charge in [-0.3, -0.25) is 24.7 Å². The third-order valence-electron chi connectivity index (χ3n) is 4.97. The highest BCUT2D eigenvalue weighted by atomic mass is 16.2. The summed E-state index contributed by atoms with van der Waals surface area (Å²) >= 11 is 0. The SMILES string of the molecule is O=C(CN(Cc1ccccc1)Cc1ccccc1)Nc1c(-c2ccccc2)[nH][nH]c1=O. The van der Waals surface area contributed by atoms with Gasteiger partial charge in [0.1, 0.15) is 5.69 Å². The van der Waals surface area contributed by atoms with E-state index in [1.54, 1.807) is 0 Å². The lowest BCUT2D eigenvalue weighted by Gasteiger charge is -2.22. The van der Waals surface area contributed by atoms with Crippen molar-refractivity contribution in [3.63, 3.8) is 0 Å². The van der Waals surface area contributed by atoms with E-state index in [0.29, 0.717) is 18.8 Å². The maximum absolute atomic E-state index is 12.9. The molecular formula is C25H24N4O2. The number of anilines is 1. The molecule has 156 valence electrons. The number of amides is 1. The van der Waals surface area contributed by atoms with Gasteiger partial charge < -0.3 is 5.32 Å². The summed E-state index contributed by atoms with van der Waals surface area (Å²) in [7, 11) is 0. The molecule has 0 aliphatic heterocycles. The lowest BCUT2D eigenvalue weighted by Crippen LogP contribution is -2.33. The minimum Gasteiger partial charge on any atom is -0.319 e. The Morgan fingerprint density at radius 3 is 1.81 bits per heavy atom. The Morgan fingerprint density at radius 1 is 0.742 bits per heavy atom. The van der Waals surface area contributed by atoms with Gasteiger partial charge in [0.05, 0.1) is 12.2 Å². The summed E-state index contributed by atoms with van der Waals surface area (Å²) in [5, 5.41) is 8.23. The predicted molar refractivity (Wildman–Crippen MR) is 122 cm³/mol. The van der Waals surface area contributed by atoms with Crippen molar-refractivity contribution < 1.29 is 4.79 Å². The number of nitrogens with one attached hydrogen (secondary N) is 3. The molecule has 0 spiro atoms. The van der Waals surface area contributed by atoms with E-state index >= 15 is 0 Å². The van der Waals surface area contributed by atoms with Crippen molar-refractivity contribution in [2.75, 3.05) is 11.9 Å². The molecule has 0 aliphatic carbocycles. The smallest absolute Gasteiger partial charge is 0.288 e. The van der Waals surface area contributed by atoms with E-state index in [0.717, 1.165) is 16.7 Å². The Morgan fingerprint density at radius 2 is 1.26 bits per heavy atom. The van der Waals surface area contributed by atoms with Gasteiger partial charge in [-0.1, -0.05) is 91.0 Å². The molecule has 3 N–H and O–H groups in total. The van der Waals surface area contributed by atoms with Gasteiger partial charge in [-0.15, -0.1) is 0 Å². The number of H-pyrrole nitrogens is 2. The van der Waals surface area contributed by atoms with Crippen LogP contribution in [0.3, 0.4) is 0 Å². The molecular weight excluding hydrogens is 388 g/mol. The minimum atomic E-state index is -0.357. The molecule has 0 saturated heterocycles. The van der Waals surface area contributed by atoms with Crippen LogP contribution in [0.25, 0.3) is 11.3 Å². The van der Waals surface area contributed by atoms with Crippen LogP contribution in [-0.2, 0) is 17.9 Å². The molecule has 0 aliphatic rings. The molecule has 31 heavy (non-hydrogen) atoms. The molecule has 6 heteroatoms. The zero-order valence-electron chi connectivity index (χ0n) is 17.0. The molecule has 1 heterocycles. The van der Waals surface area contributed by atoms with Crippen LogP contribution in [-0.4, -0.2) is 27.5 Å². The van der Waals surface area contributed by atoms with Crippen molar-refractivity contribution in [1.82, 2.24) is 15.1 Å². The van der Waals surface area contributed by atoms with E-state index in [4.69, 9.17) is 0 Å². The summed E-state index contributed by atoms with van der Waals surface area (Å²) in [5.41, 5.74) is 3.50. The molecule has 3 aromatic carbocycles. The number of benzene rings is 3. The summed E-state index contributed by atoms with van der Waals surface area (Å²) in [6.45, 7) is 1.40. The van der Waals surface area contributed by atoms with Crippen LogP contribution in [0.2, 0.25) is 0 Å². The lowest BCUT2D eigenvalue weighted by atomic mass is 10.1. The van der Waals surface area contributed by atoms with E-state index < -0.39 is 0 Å². The number of hydrogen-bond donors (Lipinski definition) is 3. The van der Waals surface area contributed by atoms with Gasteiger partial charge in [0, 0.05) is 18.7 Å². The second-order valence-corrected chi connectivity index (χ2v) is 7.36. The van der Waals surface area contributed by atoms with Crippen molar-refractivity contribution in [1.29, 1.82) is 0 Å². The third kappa shape index (κ3) is 5.38. The number of hydrogen-bond acceptors (Lipinski definition) is 3. The summed E-state index contributed by atoms with van der Waals surface area (Å²) in [4.78, 5) is 27.3. The Balaban J connectivity index is 1.51. The number of carbonyl (C=O) groups is 1. The predicted octanol–water partition coefficient (Wildman–Crippen LogP) is 4.01. The number of aromatic nitrogens is 2. The van der Waals surface area contributed by atoms with Gasteiger partial charge in [0.2, 0.25) is 5.91 Å². The van der Waals surface area contributed by atoms with Crippen molar-refractivity contribution in [2.45, 2.75) is 13.1 Å². The molecule has 0 bridgehead atoms. The first-order chi connectivity index (χ1) is 15.2. The Kier molecular flexibility index (Phi) is 6.40. The summed E-state index contributed by atoms with van der Waals surface area (Å²) in [6.07, 6.45) is 0. The van der Waals surface area contributed by atoms with Gasteiger partial charge in [0.25, 0.3) is 5.56 Å². The molecule has 0 radical (unpaired) electrons. The Labute approximate surface area is 180 Å². The van der Waals surface area contributed by atoms with Crippen LogP contribution in [0.15, 0.2) is 95.8 Å². The topological polar surface area (TPSA) is 81.0 Å². The van der Waals surface area contributed by atoms with E-state index in [1.807, 2.05) is 91.0 Å². The molecule has 1 aromatic heterocycles. The zero-order chi connectivity index (χ0) is 21.5. The standard InChI is InChI=1S/C25H24N4O2/c30-22(26-24-23(27-28-25(24)31)21-14-8-3-9-15-21)18-29(16-19-10-4-1-5-11-19)17-20-12-6-2-7-13-20/h1-15H,16-18H2,(H,26,30)(H2,27,28,31). The van der Waals surface area contributed by atoms with E-state index in [2.05, 4.69) is 20.4 Å². The van der Waals surface area contributed by atoms with E-state index in [-0.39, 0.29) is 23.7 Å². The molecule has 4 aromatic rings. The average Bonchev–Trinajstić information content (AvgIpc) is 3.15. The number of nitrogens with zero attached hydrogens (tertiary/aromatic N) is 1. The van der Waals surface area contributed by atoms with Crippen LogP contribution < -0.4 is 10.9 Å². The first-order valence-corrected chi connectivity index (χ1v) is 10.1. The second-order valence-electron chi connectivity index (χ2n) is 7.36. The van der Waals surface area contributed by atoms with E-state index in [9.17, 15) is 9.59 Å². The summed E-state index contributed by atoms with van der Waals surface area (Å²) < 4.78 is 0. The van der Waals surface area contributed by atoms with Crippen LogP contribution >= 0.6 is 0 Å². The van der Waals surface area contributed by atoms with Gasteiger partial charge in [-0.05, 0) is 11.1 Å². The fraction of sp³-hybridized carbons (Fsp3) is 0.120. The van der Waals surface area contributed by atoms with Crippen molar-refractivity contribution in [3.8, 4) is 11.3 Å². The van der Waals surface area contributed by atoms with Gasteiger partial charge >= 0.3 is 0 Å². The largest absolute Gasteiger partial charge is 0.319 e. The summed E-state index contributed by atoms with van der Waals surface area (Å²) in [6, 6.07) is 29.5. The van der Waals surface area contributed by atoms with Gasteiger partial charge in [-0.2, -0.15) is 0 Å². The third-order valence-corrected chi connectivity index (χ3v) is 4.97. The minimum absolute atomic E-state index is 0.155. The van der Waals surface area contributed by atoms with Crippen molar-refractivity contribution >= 4 is 11.6 Å². The normalized spacial score (nSPS) is 10.9. The molecule has 0 atom stereocenters. The van der Waals surface area contributed by atoms with Crippen LogP contribution in [0.1, 0.15) is 11.1 Å². The fourth-order valence-corrected chi connectivity index (χ4v) is 3.53. The number of carbonyl (C=O) groups excluding carboxylic acids is 1. The highest BCUT2D eigenvalue weighted by molar-refractivity contribution is 5.95. The van der Waals surface area contributed by atoms with Crippen LogP contribution in [0, 0.1) is 0 Å². The highest BCUT2D eigenvalue weighted by Crippen LogP contribution is 2.22. The monoisotopic (exact) mass is 412 g/mol. The first kappa shape index (κ1) is 20.4. The van der Waals surface area contributed by atoms with Gasteiger partial charge in [-0.25, -0.2) is 0 Å². The maximum Gasteiger partial charge on any atom is 0.288 e. The van der Waals surface area contributed by atoms with Crippen molar-refractivity contribution in [3.05, 3.63) is 112 Å². The van der Waals surface area contributed by atoms with Gasteiger partial charge in [0.15, 0.2) is 0 Å². The lowest BCUT2D eigenvalue weighted by molar-refractivity contribution is -0.117. The fourth-order valence-electron chi connectivity index (χ4n) is 3.53. The average molecular weight is 412 g/mol. The molecule has 1 amide bonds. The van der Waals surface area contributed by atoms with E-state index in [1.165, 1.54) is 0 Å².